The summed E-state index contributed by atoms with van der Waals surface area (Å²) in [6.45, 7) is 4.67. The molecular weight excluding hydrogens is 350 g/mol. The topological polar surface area (TPSA) is 52.7 Å². The molecule has 0 aromatic heterocycles. The van der Waals surface area contributed by atoms with Gasteiger partial charge < -0.3 is 15.1 Å². The Bertz CT molecular complexity index is 631. The Morgan fingerprint density at radius 2 is 2.00 bits per heavy atom. The number of carbonyl (C=O) groups excluding carboxylic acids is 2. The van der Waals surface area contributed by atoms with Gasteiger partial charge in [-0.2, -0.15) is 0 Å². The number of likely N-dealkylation sites (tertiary alicyclic amines) is 2. The number of halogens is 1. The maximum atomic E-state index is 12.6. The highest BCUT2D eigenvalue weighted by atomic mass is 35.5. The van der Waals surface area contributed by atoms with Crippen LogP contribution in [0.4, 0.5) is 5.69 Å². The number of nitrogens with zero attached hydrogens (tertiary/aromatic N) is 2. The first-order valence-electron chi connectivity index (χ1n) is 9.68. The van der Waals surface area contributed by atoms with Crippen molar-refractivity contribution >= 4 is 29.1 Å². The third kappa shape index (κ3) is 5.45. The molecule has 6 heteroatoms. The van der Waals surface area contributed by atoms with E-state index in [0.717, 1.165) is 19.5 Å². The number of nitrogens with one attached hydrogen (secondary N) is 1. The lowest BCUT2D eigenvalue weighted by Gasteiger charge is -2.33. The summed E-state index contributed by atoms with van der Waals surface area (Å²) in [5.74, 6) is -0.00193. The Hall–Kier alpha value is -1.59. The predicted molar refractivity (Wildman–Crippen MR) is 104 cm³/mol. The number of hydrogen-bond donors (Lipinski definition) is 1. The summed E-state index contributed by atoms with van der Waals surface area (Å²) in [4.78, 5) is 29.1. The molecule has 0 spiro atoms. The van der Waals surface area contributed by atoms with Crippen LogP contribution in [0.25, 0.3) is 0 Å². The first-order valence-corrected chi connectivity index (χ1v) is 10.1. The van der Waals surface area contributed by atoms with Gasteiger partial charge in [0.2, 0.25) is 11.8 Å². The zero-order valence-corrected chi connectivity index (χ0v) is 16.0. The van der Waals surface area contributed by atoms with Crippen LogP contribution < -0.4 is 5.32 Å². The van der Waals surface area contributed by atoms with Crippen LogP contribution in [0.15, 0.2) is 24.3 Å². The third-order valence-corrected chi connectivity index (χ3v) is 5.55. The van der Waals surface area contributed by atoms with Crippen LogP contribution in [-0.4, -0.2) is 54.3 Å². The van der Waals surface area contributed by atoms with Crippen molar-refractivity contribution in [2.75, 3.05) is 38.0 Å². The molecule has 1 aromatic carbocycles. The van der Waals surface area contributed by atoms with E-state index in [-0.39, 0.29) is 17.7 Å². The molecule has 2 aliphatic rings. The van der Waals surface area contributed by atoms with Crippen molar-refractivity contribution in [3.05, 3.63) is 29.3 Å². The van der Waals surface area contributed by atoms with Gasteiger partial charge in [-0.25, -0.2) is 0 Å². The molecule has 2 aliphatic heterocycles. The number of carbonyl (C=O) groups is 2. The fourth-order valence-corrected chi connectivity index (χ4v) is 4.01. The molecule has 3 rings (SSSR count). The maximum Gasteiger partial charge on any atom is 0.229 e. The Kier molecular flexibility index (Phi) is 6.92. The van der Waals surface area contributed by atoms with Gasteiger partial charge in [-0.15, -0.1) is 0 Å². The summed E-state index contributed by atoms with van der Waals surface area (Å²) in [7, 11) is 0. The van der Waals surface area contributed by atoms with Crippen LogP contribution in [0, 0.1) is 5.92 Å². The van der Waals surface area contributed by atoms with Crippen molar-refractivity contribution in [3.63, 3.8) is 0 Å². The van der Waals surface area contributed by atoms with E-state index in [9.17, 15) is 9.59 Å². The molecule has 0 saturated carbocycles. The van der Waals surface area contributed by atoms with Gasteiger partial charge in [-0.05, 0) is 63.5 Å². The second-order valence-electron chi connectivity index (χ2n) is 7.33. The molecule has 0 radical (unpaired) electrons. The van der Waals surface area contributed by atoms with Gasteiger partial charge in [0.25, 0.3) is 0 Å². The van der Waals surface area contributed by atoms with E-state index < -0.39 is 0 Å². The molecule has 5 nitrogen and oxygen atoms in total. The van der Waals surface area contributed by atoms with Gasteiger partial charge in [0.1, 0.15) is 0 Å². The van der Waals surface area contributed by atoms with Gasteiger partial charge in [-0.1, -0.05) is 24.1 Å². The predicted octanol–water partition coefficient (Wildman–Crippen LogP) is 3.39. The van der Waals surface area contributed by atoms with Gasteiger partial charge in [0.15, 0.2) is 0 Å². The summed E-state index contributed by atoms with van der Waals surface area (Å²) >= 11 is 5.97. The van der Waals surface area contributed by atoms with Crippen molar-refractivity contribution in [3.8, 4) is 0 Å². The fraction of sp³-hybridized carbons (Fsp3) is 0.600. The summed E-state index contributed by atoms with van der Waals surface area (Å²) in [5, 5.41) is 3.52. The quantitative estimate of drug-likeness (QED) is 0.826. The lowest BCUT2D eigenvalue weighted by molar-refractivity contribution is -0.137. The molecular formula is C20H28ClN3O2. The molecule has 2 amide bonds. The Morgan fingerprint density at radius 1 is 1.19 bits per heavy atom. The van der Waals surface area contributed by atoms with Crippen molar-refractivity contribution < 1.29 is 9.59 Å². The SMILES string of the molecule is O=C(Nc1cccc(Cl)c1)C1CCC(=O)N(CCCN2CCCCC2)C1. The summed E-state index contributed by atoms with van der Waals surface area (Å²) in [6, 6.07) is 7.16. The van der Waals surface area contributed by atoms with Crippen LogP contribution in [0.2, 0.25) is 5.02 Å². The van der Waals surface area contributed by atoms with Crippen LogP contribution in [0.1, 0.15) is 38.5 Å². The molecule has 1 atom stereocenters. The molecule has 2 saturated heterocycles. The van der Waals surface area contributed by atoms with Gasteiger partial charge in [0, 0.05) is 30.2 Å². The minimum absolute atomic E-state index is 0.0270. The minimum atomic E-state index is -0.151. The number of anilines is 1. The third-order valence-electron chi connectivity index (χ3n) is 5.31. The first-order chi connectivity index (χ1) is 12.6. The van der Waals surface area contributed by atoms with Crippen molar-refractivity contribution in [1.82, 2.24) is 9.80 Å². The summed E-state index contributed by atoms with van der Waals surface area (Å²) in [6.07, 6.45) is 5.97. The summed E-state index contributed by atoms with van der Waals surface area (Å²) in [5.41, 5.74) is 0.705. The van der Waals surface area contributed by atoms with Crippen LogP contribution in [0.3, 0.4) is 0 Å². The van der Waals surface area contributed by atoms with E-state index in [1.807, 2.05) is 17.0 Å². The smallest absolute Gasteiger partial charge is 0.229 e. The normalized spacial score (nSPS) is 21.7. The molecule has 26 heavy (non-hydrogen) atoms. The summed E-state index contributed by atoms with van der Waals surface area (Å²) < 4.78 is 0. The van der Waals surface area contributed by atoms with Crippen molar-refractivity contribution in [2.24, 2.45) is 5.92 Å². The minimum Gasteiger partial charge on any atom is -0.342 e. The van der Waals surface area contributed by atoms with E-state index >= 15 is 0 Å². The number of benzene rings is 1. The largest absolute Gasteiger partial charge is 0.342 e. The average molecular weight is 378 g/mol. The number of amides is 2. The second kappa shape index (κ2) is 9.38. The number of hydrogen-bond acceptors (Lipinski definition) is 3. The second-order valence-corrected chi connectivity index (χ2v) is 7.77. The Balaban J connectivity index is 1.47. The van der Waals surface area contributed by atoms with Gasteiger partial charge >= 0.3 is 0 Å². The standard InChI is InChI=1S/C20H28ClN3O2/c21-17-6-4-7-18(14-17)22-20(26)16-8-9-19(25)24(15-16)13-5-12-23-10-2-1-3-11-23/h4,6-7,14,16H,1-3,5,8-13,15H2,(H,22,26). The van der Waals surface area contributed by atoms with Crippen molar-refractivity contribution in [1.29, 1.82) is 0 Å². The highest BCUT2D eigenvalue weighted by molar-refractivity contribution is 6.30. The average Bonchev–Trinajstić information content (AvgIpc) is 2.64. The number of piperidine rings is 2. The molecule has 2 heterocycles. The lowest BCUT2D eigenvalue weighted by atomic mass is 9.96. The monoisotopic (exact) mass is 377 g/mol. The molecule has 0 bridgehead atoms. The van der Waals surface area contributed by atoms with Crippen LogP contribution in [0.5, 0.6) is 0 Å². The molecule has 1 N–H and O–H groups in total. The molecule has 1 unspecified atom stereocenters. The molecule has 1 aromatic rings. The zero-order chi connectivity index (χ0) is 18.4. The van der Waals surface area contributed by atoms with Gasteiger partial charge in [0.05, 0.1) is 5.92 Å². The molecule has 0 aliphatic carbocycles. The van der Waals surface area contributed by atoms with E-state index in [4.69, 9.17) is 11.6 Å². The van der Waals surface area contributed by atoms with Gasteiger partial charge in [-0.3, -0.25) is 9.59 Å². The van der Waals surface area contributed by atoms with E-state index in [0.29, 0.717) is 30.1 Å². The Labute approximate surface area is 160 Å². The zero-order valence-electron chi connectivity index (χ0n) is 15.3. The van der Waals surface area contributed by atoms with Crippen LogP contribution >= 0.6 is 11.6 Å². The fourth-order valence-electron chi connectivity index (χ4n) is 3.82. The highest BCUT2D eigenvalue weighted by Gasteiger charge is 2.30. The highest BCUT2D eigenvalue weighted by Crippen LogP contribution is 2.21. The lowest BCUT2D eigenvalue weighted by Crippen LogP contribution is -2.45. The van der Waals surface area contributed by atoms with E-state index in [1.165, 1.54) is 32.4 Å². The Morgan fingerprint density at radius 3 is 2.77 bits per heavy atom. The number of rotatable bonds is 6. The molecule has 142 valence electrons. The first kappa shape index (κ1) is 19.2. The van der Waals surface area contributed by atoms with Crippen LogP contribution in [-0.2, 0) is 9.59 Å². The van der Waals surface area contributed by atoms with Crippen molar-refractivity contribution in [2.45, 2.75) is 38.5 Å². The van der Waals surface area contributed by atoms with E-state index in [2.05, 4.69) is 10.2 Å². The molecule has 2 fully saturated rings. The maximum absolute atomic E-state index is 12.6. The van der Waals surface area contributed by atoms with E-state index in [1.54, 1.807) is 12.1 Å².